The van der Waals surface area contributed by atoms with Crippen LogP contribution in [0, 0.1) is 5.92 Å². The molecule has 17 heavy (non-hydrogen) atoms. The molecule has 0 aliphatic carbocycles. The minimum absolute atomic E-state index is 0.0129. The van der Waals surface area contributed by atoms with Crippen LogP contribution in [0.4, 0.5) is 0 Å². The van der Waals surface area contributed by atoms with Gasteiger partial charge < -0.3 is 5.73 Å². The standard InChI is InChI=1S/C14H21Cl2N/c1-3-5-10(6-4-2)14(17)12-9-11(15)7-8-13(12)16/h7-10,14H,3-6,17H2,1-2H3. The summed E-state index contributed by atoms with van der Waals surface area (Å²) in [5, 5.41) is 1.42. The van der Waals surface area contributed by atoms with Crippen LogP contribution < -0.4 is 5.73 Å². The second kappa shape index (κ2) is 7.25. The Morgan fingerprint density at radius 2 is 1.71 bits per heavy atom. The van der Waals surface area contributed by atoms with Gasteiger partial charge in [-0.15, -0.1) is 0 Å². The molecule has 0 aliphatic rings. The summed E-state index contributed by atoms with van der Waals surface area (Å²) in [6.07, 6.45) is 4.57. The first-order valence-corrected chi connectivity index (χ1v) is 7.06. The minimum Gasteiger partial charge on any atom is -0.324 e. The van der Waals surface area contributed by atoms with Gasteiger partial charge in [0.15, 0.2) is 0 Å². The smallest absolute Gasteiger partial charge is 0.0454 e. The Hall–Kier alpha value is -0.240. The van der Waals surface area contributed by atoms with E-state index in [2.05, 4.69) is 13.8 Å². The highest BCUT2D eigenvalue weighted by molar-refractivity contribution is 6.33. The van der Waals surface area contributed by atoms with E-state index in [9.17, 15) is 0 Å². The van der Waals surface area contributed by atoms with Crippen molar-refractivity contribution in [2.24, 2.45) is 11.7 Å². The molecule has 0 aromatic heterocycles. The molecule has 0 heterocycles. The lowest BCUT2D eigenvalue weighted by atomic mass is 9.87. The van der Waals surface area contributed by atoms with Gasteiger partial charge in [-0.3, -0.25) is 0 Å². The summed E-state index contributed by atoms with van der Waals surface area (Å²) in [5.41, 5.74) is 7.32. The van der Waals surface area contributed by atoms with E-state index in [1.165, 1.54) is 0 Å². The largest absolute Gasteiger partial charge is 0.324 e. The molecule has 0 saturated carbocycles. The number of hydrogen-bond donors (Lipinski definition) is 1. The molecule has 3 heteroatoms. The van der Waals surface area contributed by atoms with E-state index >= 15 is 0 Å². The van der Waals surface area contributed by atoms with Crippen LogP contribution >= 0.6 is 23.2 Å². The predicted molar refractivity (Wildman–Crippen MR) is 76.7 cm³/mol. The van der Waals surface area contributed by atoms with Crippen molar-refractivity contribution in [2.75, 3.05) is 0 Å². The van der Waals surface area contributed by atoms with Crippen molar-refractivity contribution in [3.8, 4) is 0 Å². The van der Waals surface area contributed by atoms with Crippen molar-refractivity contribution in [1.82, 2.24) is 0 Å². The number of benzene rings is 1. The molecule has 0 radical (unpaired) electrons. The van der Waals surface area contributed by atoms with Gasteiger partial charge >= 0.3 is 0 Å². The van der Waals surface area contributed by atoms with Crippen molar-refractivity contribution >= 4 is 23.2 Å². The average Bonchev–Trinajstić information content (AvgIpc) is 2.31. The summed E-state index contributed by atoms with van der Waals surface area (Å²) in [5.74, 6) is 0.487. The summed E-state index contributed by atoms with van der Waals surface area (Å²) < 4.78 is 0. The molecule has 0 spiro atoms. The van der Waals surface area contributed by atoms with Crippen LogP contribution in [0.1, 0.15) is 51.1 Å². The van der Waals surface area contributed by atoms with Crippen molar-refractivity contribution < 1.29 is 0 Å². The van der Waals surface area contributed by atoms with E-state index in [0.29, 0.717) is 10.9 Å². The molecule has 0 aliphatic heterocycles. The molecule has 2 N–H and O–H groups in total. The molecular weight excluding hydrogens is 253 g/mol. The Morgan fingerprint density at radius 3 is 2.24 bits per heavy atom. The summed E-state index contributed by atoms with van der Waals surface area (Å²) >= 11 is 12.2. The summed E-state index contributed by atoms with van der Waals surface area (Å²) in [7, 11) is 0. The first kappa shape index (κ1) is 14.8. The lowest BCUT2D eigenvalue weighted by molar-refractivity contribution is 0.369. The summed E-state index contributed by atoms with van der Waals surface area (Å²) in [6.45, 7) is 4.38. The zero-order valence-electron chi connectivity index (χ0n) is 10.5. The normalized spacial score (nSPS) is 13.1. The topological polar surface area (TPSA) is 26.0 Å². The van der Waals surface area contributed by atoms with Crippen molar-refractivity contribution in [3.63, 3.8) is 0 Å². The van der Waals surface area contributed by atoms with Crippen LogP contribution in [0.2, 0.25) is 10.0 Å². The Balaban J connectivity index is 2.91. The lowest BCUT2D eigenvalue weighted by Gasteiger charge is -2.24. The van der Waals surface area contributed by atoms with Crippen LogP contribution in [0.5, 0.6) is 0 Å². The van der Waals surface area contributed by atoms with Crippen molar-refractivity contribution in [1.29, 1.82) is 0 Å². The van der Waals surface area contributed by atoms with Gasteiger partial charge in [-0.1, -0.05) is 49.9 Å². The third-order valence-corrected chi connectivity index (χ3v) is 3.72. The SMILES string of the molecule is CCCC(CCC)C(N)c1cc(Cl)ccc1Cl. The second-order valence-corrected chi connectivity index (χ2v) is 5.37. The zero-order valence-corrected chi connectivity index (χ0v) is 12.1. The third kappa shape index (κ3) is 4.17. The van der Waals surface area contributed by atoms with Gasteiger partial charge in [0.05, 0.1) is 0 Å². The molecule has 0 fully saturated rings. The molecule has 0 amide bonds. The minimum atomic E-state index is -0.0129. The number of rotatable bonds is 6. The van der Waals surface area contributed by atoms with Crippen molar-refractivity contribution in [2.45, 2.75) is 45.6 Å². The molecule has 96 valence electrons. The van der Waals surface area contributed by atoms with E-state index in [1.54, 1.807) is 6.07 Å². The molecule has 1 aromatic carbocycles. The van der Waals surface area contributed by atoms with Gasteiger partial charge in [0.2, 0.25) is 0 Å². The summed E-state index contributed by atoms with van der Waals surface area (Å²) in [6, 6.07) is 5.51. The molecule has 1 atom stereocenters. The fourth-order valence-electron chi connectivity index (χ4n) is 2.27. The van der Waals surface area contributed by atoms with Gasteiger partial charge in [0.1, 0.15) is 0 Å². The fraction of sp³-hybridized carbons (Fsp3) is 0.571. The number of halogens is 2. The monoisotopic (exact) mass is 273 g/mol. The van der Waals surface area contributed by atoms with E-state index in [4.69, 9.17) is 28.9 Å². The number of nitrogens with two attached hydrogens (primary N) is 1. The van der Waals surface area contributed by atoms with Crippen LogP contribution in [-0.4, -0.2) is 0 Å². The highest BCUT2D eigenvalue weighted by Crippen LogP contribution is 2.33. The first-order valence-electron chi connectivity index (χ1n) is 6.30. The van der Waals surface area contributed by atoms with E-state index < -0.39 is 0 Å². The maximum absolute atomic E-state index is 6.34. The first-order chi connectivity index (χ1) is 8.10. The van der Waals surface area contributed by atoms with Gasteiger partial charge in [-0.25, -0.2) is 0 Å². The second-order valence-electron chi connectivity index (χ2n) is 4.53. The molecular formula is C14H21Cl2N. The molecule has 0 saturated heterocycles. The van der Waals surface area contributed by atoms with Crippen LogP contribution in [0.3, 0.4) is 0 Å². The highest BCUT2D eigenvalue weighted by atomic mass is 35.5. The molecule has 1 nitrogen and oxygen atoms in total. The quantitative estimate of drug-likeness (QED) is 0.757. The van der Waals surface area contributed by atoms with Gasteiger partial charge in [-0.2, -0.15) is 0 Å². The molecule has 1 rings (SSSR count). The van der Waals surface area contributed by atoms with Gasteiger partial charge in [0, 0.05) is 16.1 Å². The highest BCUT2D eigenvalue weighted by Gasteiger charge is 2.20. The van der Waals surface area contributed by atoms with Gasteiger partial charge in [-0.05, 0) is 42.5 Å². The maximum Gasteiger partial charge on any atom is 0.0454 e. The molecule has 1 aromatic rings. The zero-order chi connectivity index (χ0) is 12.8. The third-order valence-electron chi connectivity index (χ3n) is 3.14. The number of hydrogen-bond acceptors (Lipinski definition) is 1. The average molecular weight is 274 g/mol. The summed E-state index contributed by atoms with van der Waals surface area (Å²) in [4.78, 5) is 0. The fourth-order valence-corrected chi connectivity index (χ4v) is 2.69. The van der Waals surface area contributed by atoms with E-state index in [0.717, 1.165) is 36.3 Å². The van der Waals surface area contributed by atoms with Crippen molar-refractivity contribution in [3.05, 3.63) is 33.8 Å². The molecule has 1 unspecified atom stereocenters. The Bertz CT molecular complexity index is 346. The van der Waals surface area contributed by atoms with Gasteiger partial charge in [0.25, 0.3) is 0 Å². The maximum atomic E-state index is 6.34. The van der Waals surface area contributed by atoms with Crippen LogP contribution in [-0.2, 0) is 0 Å². The van der Waals surface area contributed by atoms with Crippen LogP contribution in [0.15, 0.2) is 18.2 Å². The Morgan fingerprint density at radius 1 is 1.12 bits per heavy atom. The Labute approximate surface area is 114 Å². The van der Waals surface area contributed by atoms with E-state index in [1.807, 2.05) is 12.1 Å². The predicted octanol–water partition coefficient (Wildman–Crippen LogP) is 5.21. The lowest BCUT2D eigenvalue weighted by Crippen LogP contribution is -2.21. The van der Waals surface area contributed by atoms with Crippen LogP contribution in [0.25, 0.3) is 0 Å². The Kier molecular flexibility index (Phi) is 6.32. The molecule has 0 bridgehead atoms. The van der Waals surface area contributed by atoms with E-state index in [-0.39, 0.29) is 6.04 Å².